The largest absolute Gasteiger partial charge is 0.461 e. The van der Waals surface area contributed by atoms with E-state index in [0.29, 0.717) is 19.6 Å². The van der Waals surface area contributed by atoms with E-state index in [2.05, 4.69) is 31.0 Å². The zero-order chi connectivity index (χ0) is 32.3. The molecule has 2 rings (SSSR count). The second-order valence-electron chi connectivity index (χ2n) is 12.1. The van der Waals surface area contributed by atoms with Crippen LogP contribution in [-0.4, -0.2) is 36.4 Å². The first-order chi connectivity index (χ1) is 21.4. The van der Waals surface area contributed by atoms with Crippen molar-refractivity contribution in [3.63, 3.8) is 0 Å². The van der Waals surface area contributed by atoms with Crippen molar-refractivity contribution >= 4 is 17.6 Å². The van der Waals surface area contributed by atoms with E-state index < -0.39 is 0 Å². The van der Waals surface area contributed by atoms with Crippen LogP contribution >= 0.6 is 0 Å². The highest BCUT2D eigenvalue weighted by Crippen LogP contribution is 2.19. The SMILES string of the molecule is CCCCCCCCCCCCCCCCCC(=O)OCc1ccccc1.CCN(CC)CC(=O)Nc1c(C)cccc1C. The highest BCUT2D eigenvalue weighted by molar-refractivity contribution is 5.93. The number of likely N-dealkylation sites (N-methyl/N-ethyl adjacent to an activating group) is 1. The van der Waals surface area contributed by atoms with Crippen LogP contribution in [0.25, 0.3) is 0 Å². The van der Waals surface area contributed by atoms with Gasteiger partial charge in [0.15, 0.2) is 0 Å². The third kappa shape index (κ3) is 20.3. The molecule has 0 atom stereocenters. The first-order valence-electron chi connectivity index (χ1n) is 17.7. The van der Waals surface area contributed by atoms with Crippen molar-refractivity contribution in [2.24, 2.45) is 0 Å². The number of nitrogens with zero attached hydrogens (tertiary/aromatic N) is 1. The lowest BCUT2D eigenvalue weighted by Gasteiger charge is -2.18. The Kier molecular flexibility index (Phi) is 23.9. The maximum atomic E-state index is 11.9. The molecule has 0 aliphatic heterocycles. The summed E-state index contributed by atoms with van der Waals surface area (Å²) in [6, 6.07) is 15.9. The number of aryl methyl sites for hydroxylation is 2. The van der Waals surface area contributed by atoms with E-state index in [0.717, 1.165) is 48.3 Å². The van der Waals surface area contributed by atoms with Crippen LogP contribution in [0.1, 0.15) is 140 Å². The first kappa shape index (κ1) is 39.4. The number of hydrogen-bond donors (Lipinski definition) is 1. The van der Waals surface area contributed by atoms with Crippen molar-refractivity contribution in [2.75, 3.05) is 25.0 Å². The number of hydrogen-bond acceptors (Lipinski definition) is 4. The second kappa shape index (κ2) is 26.7. The van der Waals surface area contributed by atoms with Crippen molar-refractivity contribution in [1.29, 1.82) is 0 Å². The second-order valence-corrected chi connectivity index (χ2v) is 12.1. The third-order valence-electron chi connectivity index (χ3n) is 8.23. The van der Waals surface area contributed by atoms with Gasteiger partial charge in [0, 0.05) is 12.1 Å². The van der Waals surface area contributed by atoms with E-state index in [4.69, 9.17) is 4.74 Å². The number of carbonyl (C=O) groups is 2. The number of unbranched alkanes of at least 4 members (excludes halogenated alkanes) is 14. The number of para-hydroxylation sites is 1. The molecule has 0 heterocycles. The van der Waals surface area contributed by atoms with Gasteiger partial charge in [-0.3, -0.25) is 14.5 Å². The number of anilines is 1. The van der Waals surface area contributed by atoms with Crippen LogP contribution in [0.4, 0.5) is 5.69 Å². The predicted molar refractivity (Wildman–Crippen MR) is 188 cm³/mol. The zero-order valence-electron chi connectivity index (χ0n) is 28.9. The summed E-state index contributed by atoms with van der Waals surface area (Å²) in [5.74, 6) is -0.000327. The number of rotatable bonds is 23. The fraction of sp³-hybridized carbons (Fsp3) is 0.641. The van der Waals surface area contributed by atoms with Gasteiger partial charge in [-0.2, -0.15) is 0 Å². The summed E-state index contributed by atoms with van der Waals surface area (Å²) in [6.07, 6.45) is 20.7. The molecule has 0 bridgehead atoms. The van der Waals surface area contributed by atoms with E-state index in [1.54, 1.807) is 0 Å². The average molecular weight is 609 g/mol. The molecule has 1 N–H and O–H groups in total. The molecule has 0 aliphatic carbocycles. The van der Waals surface area contributed by atoms with Gasteiger partial charge < -0.3 is 10.1 Å². The molecular formula is C39H64N2O3. The number of ether oxygens (including phenoxy) is 1. The minimum atomic E-state index is -0.0615. The van der Waals surface area contributed by atoms with Gasteiger partial charge >= 0.3 is 5.97 Å². The van der Waals surface area contributed by atoms with E-state index in [-0.39, 0.29) is 11.9 Å². The van der Waals surface area contributed by atoms with Crippen LogP contribution in [0.15, 0.2) is 48.5 Å². The summed E-state index contributed by atoms with van der Waals surface area (Å²) in [5, 5.41) is 3.00. The Bertz CT molecular complexity index is 968. The molecule has 0 unspecified atom stereocenters. The van der Waals surface area contributed by atoms with Crippen LogP contribution in [-0.2, 0) is 20.9 Å². The fourth-order valence-electron chi connectivity index (χ4n) is 5.29. The van der Waals surface area contributed by atoms with Crippen molar-refractivity contribution in [2.45, 2.75) is 144 Å². The Morgan fingerprint density at radius 2 is 1.11 bits per heavy atom. The van der Waals surface area contributed by atoms with Gasteiger partial charge in [-0.15, -0.1) is 0 Å². The standard InChI is InChI=1S/C25H42O2.C14H22N2O/c1-2-3-4-5-6-7-8-9-10-11-12-13-14-15-19-22-25(26)27-23-24-20-17-16-18-21-24;1-5-16(6-2)10-13(17)15-14-11(3)8-7-9-12(14)4/h16-18,20-21H,2-15,19,22-23H2,1H3;7-9H,5-6,10H2,1-4H3,(H,15,17). The van der Waals surface area contributed by atoms with Crippen molar-refractivity contribution in [3.05, 3.63) is 65.2 Å². The Morgan fingerprint density at radius 3 is 1.59 bits per heavy atom. The smallest absolute Gasteiger partial charge is 0.306 e. The number of benzene rings is 2. The first-order valence-corrected chi connectivity index (χ1v) is 17.7. The van der Waals surface area contributed by atoms with Crippen LogP contribution in [0.5, 0.6) is 0 Å². The van der Waals surface area contributed by atoms with Crippen LogP contribution in [0.3, 0.4) is 0 Å². The van der Waals surface area contributed by atoms with Gasteiger partial charge in [-0.05, 0) is 50.0 Å². The van der Waals surface area contributed by atoms with E-state index in [1.807, 2.05) is 62.4 Å². The maximum absolute atomic E-state index is 11.9. The van der Waals surface area contributed by atoms with E-state index >= 15 is 0 Å². The van der Waals surface area contributed by atoms with Crippen LogP contribution in [0.2, 0.25) is 0 Å². The topological polar surface area (TPSA) is 58.6 Å². The zero-order valence-corrected chi connectivity index (χ0v) is 28.9. The molecular weight excluding hydrogens is 544 g/mol. The molecule has 44 heavy (non-hydrogen) atoms. The minimum Gasteiger partial charge on any atom is -0.461 e. The molecule has 248 valence electrons. The highest BCUT2D eigenvalue weighted by Gasteiger charge is 2.10. The van der Waals surface area contributed by atoms with Gasteiger partial charge in [0.25, 0.3) is 0 Å². The van der Waals surface area contributed by atoms with E-state index in [9.17, 15) is 9.59 Å². The number of esters is 1. The molecule has 1 amide bonds. The predicted octanol–water partition coefficient (Wildman–Crippen LogP) is 10.6. The van der Waals surface area contributed by atoms with Crippen molar-refractivity contribution in [3.8, 4) is 0 Å². The van der Waals surface area contributed by atoms with Crippen LogP contribution in [0, 0.1) is 13.8 Å². The molecule has 0 aromatic heterocycles. The van der Waals surface area contributed by atoms with Gasteiger partial charge in [-0.1, -0.05) is 159 Å². The number of nitrogens with one attached hydrogen (secondary N) is 1. The molecule has 0 fully saturated rings. The van der Waals surface area contributed by atoms with Crippen molar-refractivity contribution < 1.29 is 14.3 Å². The quantitative estimate of drug-likeness (QED) is 0.101. The molecule has 0 saturated heterocycles. The Balaban J connectivity index is 0.000000488. The number of amides is 1. The number of carbonyl (C=O) groups excluding carboxylic acids is 2. The summed E-state index contributed by atoms with van der Waals surface area (Å²) in [5.41, 5.74) is 4.22. The fourth-order valence-corrected chi connectivity index (χ4v) is 5.29. The van der Waals surface area contributed by atoms with Crippen LogP contribution < -0.4 is 5.32 Å². The molecule has 5 heteroatoms. The Labute approximate surface area is 270 Å². The summed E-state index contributed by atoms with van der Waals surface area (Å²) >= 11 is 0. The van der Waals surface area contributed by atoms with Crippen molar-refractivity contribution in [1.82, 2.24) is 4.90 Å². The van der Waals surface area contributed by atoms with Gasteiger partial charge in [0.2, 0.25) is 5.91 Å². The lowest BCUT2D eigenvalue weighted by Crippen LogP contribution is -2.33. The molecule has 5 nitrogen and oxygen atoms in total. The normalized spacial score (nSPS) is 10.8. The molecule has 0 saturated carbocycles. The highest BCUT2D eigenvalue weighted by atomic mass is 16.5. The lowest BCUT2D eigenvalue weighted by atomic mass is 10.0. The summed E-state index contributed by atoms with van der Waals surface area (Å²) in [7, 11) is 0. The van der Waals surface area contributed by atoms with Gasteiger partial charge in [0.05, 0.1) is 6.54 Å². The Hall–Kier alpha value is -2.66. The summed E-state index contributed by atoms with van der Waals surface area (Å²) < 4.78 is 5.31. The molecule has 0 aliphatic rings. The molecule has 0 spiro atoms. The van der Waals surface area contributed by atoms with Gasteiger partial charge in [0.1, 0.15) is 6.61 Å². The summed E-state index contributed by atoms with van der Waals surface area (Å²) in [6.45, 7) is 13.1. The van der Waals surface area contributed by atoms with E-state index in [1.165, 1.54) is 83.5 Å². The average Bonchev–Trinajstić information content (AvgIpc) is 3.03. The molecule has 2 aromatic carbocycles. The maximum Gasteiger partial charge on any atom is 0.306 e. The molecule has 2 aromatic rings. The minimum absolute atomic E-state index is 0.0612. The molecule has 0 radical (unpaired) electrons. The van der Waals surface area contributed by atoms with Gasteiger partial charge in [-0.25, -0.2) is 0 Å². The third-order valence-corrected chi connectivity index (χ3v) is 8.23. The summed E-state index contributed by atoms with van der Waals surface area (Å²) in [4.78, 5) is 25.7. The lowest BCUT2D eigenvalue weighted by molar-refractivity contribution is -0.145. The monoisotopic (exact) mass is 608 g/mol. The Morgan fingerprint density at radius 1 is 0.636 bits per heavy atom.